The van der Waals surface area contributed by atoms with Crippen molar-refractivity contribution in [1.82, 2.24) is 10.4 Å². The van der Waals surface area contributed by atoms with E-state index in [1.165, 1.54) is 29.7 Å². The van der Waals surface area contributed by atoms with Crippen LogP contribution < -0.4 is 5.43 Å². The van der Waals surface area contributed by atoms with Gasteiger partial charge < -0.3 is 0 Å². The third-order valence-corrected chi connectivity index (χ3v) is 4.90. The predicted molar refractivity (Wildman–Crippen MR) is 84.4 cm³/mol. The van der Waals surface area contributed by atoms with Crippen molar-refractivity contribution in [3.05, 3.63) is 29.8 Å². The maximum atomic E-state index is 3.70. The molecule has 3 atom stereocenters. The minimum atomic E-state index is 0.374. The van der Waals surface area contributed by atoms with E-state index in [1.54, 1.807) is 11.8 Å². The molecule has 3 unspecified atom stereocenters. The Labute approximate surface area is 121 Å². The Morgan fingerprint density at radius 1 is 1.16 bits per heavy atom. The molecule has 3 heteroatoms. The molecule has 0 aliphatic carbocycles. The van der Waals surface area contributed by atoms with E-state index in [2.05, 4.69) is 61.7 Å². The highest BCUT2D eigenvalue weighted by molar-refractivity contribution is 7.98. The number of hydrogen-bond donors (Lipinski definition) is 1. The zero-order valence-electron chi connectivity index (χ0n) is 12.5. The van der Waals surface area contributed by atoms with Gasteiger partial charge in [0.15, 0.2) is 0 Å². The van der Waals surface area contributed by atoms with Crippen molar-refractivity contribution in [3.63, 3.8) is 0 Å². The average molecular weight is 278 g/mol. The molecule has 0 amide bonds. The fourth-order valence-electron chi connectivity index (χ4n) is 2.87. The summed E-state index contributed by atoms with van der Waals surface area (Å²) in [6.07, 6.45) is 6.08. The van der Waals surface area contributed by atoms with Crippen LogP contribution in [-0.2, 0) is 0 Å². The zero-order valence-corrected chi connectivity index (χ0v) is 13.3. The van der Waals surface area contributed by atoms with Gasteiger partial charge in [-0.2, -0.15) is 0 Å². The van der Waals surface area contributed by atoms with Gasteiger partial charge in [-0.05, 0) is 57.6 Å². The number of nitrogens with zero attached hydrogens (tertiary/aromatic N) is 1. The van der Waals surface area contributed by atoms with Gasteiger partial charge in [0.1, 0.15) is 0 Å². The number of nitrogens with one attached hydrogen (secondary N) is 1. The van der Waals surface area contributed by atoms with Crippen molar-refractivity contribution < 1.29 is 0 Å². The molecule has 0 aromatic heterocycles. The summed E-state index contributed by atoms with van der Waals surface area (Å²) >= 11 is 1.79. The molecular weight excluding hydrogens is 252 g/mol. The average Bonchev–Trinajstić information content (AvgIpc) is 2.43. The molecule has 1 saturated heterocycles. The molecule has 1 heterocycles. The van der Waals surface area contributed by atoms with Crippen molar-refractivity contribution >= 4 is 11.8 Å². The van der Waals surface area contributed by atoms with Gasteiger partial charge in [0, 0.05) is 23.0 Å². The van der Waals surface area contributed by atoms with Crippen LogP contribution in [-0.4, -0.2) is 23.3 Å². The third-order valence-electron chi connectivity index (χ3n) is 4.15. The van der Waals surface area contributed by atoms with Crippen LogP contribution in [0.1, 0.15) is 51.6 Å². The quantitative estimate of drug-likeness (QED) is 0.829. The Morgan fingerprint density at radius 2 is 1.74 bits per heavy atom. The van der Waals surface area contributed by atoms with E-state index in [-0.39, 0.29) is 0 Å². The molecule has 1 aromatic rings. The normalized spacial score (nSPS) is 26.3. The second kappa shape index (κ2) is 6.78. The van der Waals surface area contributed by atoms with Gasteiger partial charge in [0.25, 0.3) is 0 Å². The van der Waals surface area contributed by atoms with Crippen molar-refractivity contribution in [2.45, 2.75) is 63.1 Å². The lowest BCUT2D eigenvalue weighted by Crippen LogP contribution is -2.52. The fraction of sp³-hybridized carbons (Fsp3) is 0.625. The first-order valence-corrected chi connectivity index (χ1v) is 8.52. The topological polar surface area (TPSA) is 15.3 Å². The molecule has 2 rings (SSSR count). The molecule has 2 nitrogen and oxygen atoms in total. The lowest BCUT2D eigenvalue weighted by Gasteiger charge is -2.41. The van der Waals surface area contributed by atoms with E-state index in [0.717, 1.165) is 0 Å². The van der Waals surface area contributed by atoms with Crippen LogP contribution in [0.15, 0.2) is 29.2 Å². The van der Waals surface area contributed by atoms with Gasteiger partial charge in [-0.1, -0.05) is 18.6 Å². The second-order valence-electron chi connectivity index (χ2n) is 5.66. The lowest BCUT2D eigenvalue weighted by molar-refractivity contribution is 0.0320. The summed E-state index contributed by atoms with van der Waals surface area (Å²) in [7, 11) is 0. The summed E-state index contributed by atoms with van der Waals surface area (Å²) in [5, 5.41) is 2.46. The molecule has 1 aliphatic rings. The third kappa shape index (κ3) is 3.74. The number of thioether (sulfide) groups is 1. The van der Waals surface area contributed by atoms with Crippen molar-refractivity contribution in [2.24, 2.45) is 0 Å². The molecule has 106 valence electrons. The Balaban J connectivity index is 2.00. The van der Waals surface area contributed by atoms with Gasteiger partial charge >= 0.3 is 0 Å². The van der Waals surface area contributed by atoms with Gasteiger partial charge in [0.2, 0.25) is 0 Å². The maximum Gasteiger partial charge on any atom is 0.0436 e. The summed E-state index contributed by atoms with van der Waals surface area (Å²) < 4.78 is 0. The van der Waals surface area contributed by atoms with E-state index in [9.17, 15) is 0 Å². The first-order chi connectivity index (χ1) is 9.11. The Kier molecular flexibility index (Phi) is 5.31. The summed E-state index contributed by atoms with van der Waals surface area (Å²) in [6, 6.07) is 10.5. The van der Waals surface area contributed by atoms with Crippen LogP contribution in [0, 0.1) is 0 Å². The number of benzene rings is 1. The highest BCUT2D eigenvalue weighted by Gasteiger charge is 2.25. The number of hydrogen-bond acceptors (Lipinski definition) is 3. The van der Waals surface area contributed by atoms with Gasteiger partial charge in [-0.3, -0.25) is 0 Å². The van der Waals surface area contributed by atoms with Gasteiger partial charge in [-0.25, -0.2) is 10.4 Å². The molecule has 0 spiro atoms. The Morgan fingerprint density at radius 3 is 2.26 bits per heavy atom. The molecule has 1 aromatic carbocycles. The summed E-state index contributed by atoms with van der Waals surface area (Å²) in [6.45, 7) is 6.90. The van der Waals surface area contributed by atoms with Crippen LogP contribution in [0.2, 0.25) is 0 Å². The molecule has 0 bridgehead atoms. The smallest absolute Gasteiger partial charge is 0.0436 e. The Hall–Kier alpha value is -0.510. The van der Waals surface area contributed by atoms with Crippen LogP contribution in [0.25, 0.3) is 0 Å². The molecule has 19 heavy (non-hydrogen) atoms. The highest BCUT2D eigenvalue weighted by atomic mass is 32.2. The highest BCUT2D eigenvalue weighted by Crippen LogP contribution is 2.24. The number of piperidine rings is 1. The van der Waals surface area contributed by atoms with E-state index in [0.29, 0.717) is 18.1 Å². The first-order valence-electron chi connectivity index (χ1n) is 7.30. The lowest BCUT2D eigenvalue weighted by atomic mass is 9.99. The minimum absolute atomic E-state index is 0.374. The molecule has 1 aliphatic heterocycles. The summed E-state index contributed by atoms with van der Waals surface area (Å²) in [5.74, 6) is 0. The summed E-state index contributed by atoms with van der Waals surface area (Å²) in [5.41, 5.74) is 5.06. The molecular formula is C16H26N2S. The maximum absolute atomic E-state index is 3.70. The number of rotatable bonds is 4. The van der Waals surface area contributed by atoms with Crippen LogP contribution in [0.5, 0.6) is 0 Å². The van der Waals surface area contributed by atoms with Crippen molar-refractivity contribution in [2.75, 3.05) is 6.26 Å². The van der Waals surface area contributed by atoms with Crippen molar-refractivity contribution in [3.8, 4) is 0 Å². The Bertz CT molecular complexity index is 380. The van der Waals surface area contributed by atoms with E-state index < -0.39 is 0 Å². The molecule has 0 saturated carbocycles. The van der Waals surface area contributed by atoms with E-state index in [4.69, 9.17) is 0 Å². The van der Waals surface area contributed by atoms with Crippen LogP contribution in [0.3, 0.4) is 0 Å². The standard InChI is InChI=1S/C16H26N2S/c1-12-6-5-7-13(2)18(12)17-14(3)15-8-10-16(19-4)11-9-15/h8-14,17H,5-7H2,1-4H3. The molecule has 0 radical (unpaired) electrons. The van der Waals surface area contributed by atoms with Gasteiger partial charge in [0.05, 0.1) is 0 Å². The molecule has 1 fully saturated rings. The SMILES string of the molecule is CSc1ccc(C(C)NN2C(C)CCCC2C)cc1. The van der Waals surface area contributed by atoms with Crippen LogP contribution in [0.4, 0.5) is 0 Å². The van der Waals surface area contributed by atoms with E-state index >= 15 is 0 Å². The first kappa shape index (κ1) is 14.9. The second-order valence-corrected chi connectivity index (χ2v) is 6.54. The monoisotopic (exact) mass is 278 g/mol. The van der Waals surface area contributed by atoms with Crippen molar-refractivity contribution in [1.29, 1.82) is 0 Å². The molecule has 1 N–H and O–H groups in total. The number of hydrazine groups is 1. The largest absolute Gasteiger partial charge is 0.247 e. The zero-order chi connectivity index (χ0) is 13.8. The minimum Gasteiger partial charge on any atom is -0.247 e. The van der Waals surface area contributed by atoms with Gasteiger partial charge in [-0.15, -0.1) is 11.8 Å². The fourth-order valence-corrected chi connectivity index (χ4v) is 3.27. The summed E-state index contributed by atoms with van der Waals surface area (Å²) in [4.78, 5) is 1.33. The van der Waals surface area contributed by atoms with Crippen LogP contribution >= 0.6 is 11.8 Å². The van der Waals surface area contributed by atoms with E-state index in [1.807, 2.05) is 0 Å². The predicted octanol–water partition coefficient (Wildman–Crippen LogP) is 4.24.